The molecule has 130 valence electrons. The van der Waals surface area contributed by atoms with E-state index in [0.717, 1.165) is 11.3 Å². The number of nitriles is 1. The van der Waals surface area contributed by atoms with E-state index in [1.54, 1.807) is 19.1 Å². The molecule has 7 nitrogen and oxygen atoms in total. The quantitative estimate of drug-likeness (QED) is 0.556. The monoisotopic (exact) mass is 424 g/mol. The van der Waals surface area contributed by atoms with Gasteiger partial charge in [-0.2, -0.15) is 5.26 Å². The van der Waals surface area contributed by atoms with Gasteiger partial charge in [0, 0.05) is 11.6 Å². The van der Waals surface area contributed by atoms with Crippen LogP contribution in [-0.4, -0.2) is 18.5 Å². The molecule has 0 fully saturated rings. The summed E-state index contributed by atoms with van der Waals surface area (Å²) in [6, 6.07) is 5.26. The Morgan fingerprint density at radius 3 is 2.80 bits per heavy atom. The number of thiophene rings is 1. The van der Waals surface area contributed by atoms with Crippen LogP contribution in [0.1, 0.15) is 33.5 Å². The van der Waals surface area contributed by atoms with Crippen LogP contribution < -0.4 is 5.73 Å². The highest BCUT2D eigenvalue weighted by molar-refractivity contribution is 9.10. The third-order valence-electron chi connectivity index (χ3n) is 2.94. The lowest BCUT2D eigenvalue weighted by atomic mass is 10.1. The van der Waals surface area contributed by atoms with Crippen molar-refractivity contribution in [2.75, 3.05) is 12.3 Å². The average molecular weight is 425 g/mol. The van der Waals surface area contributed by atoms with Crippen molar-refractivity contribution in [3.8, 4) is 6.07 Å². The summed E-state index contributed by atoms with van der Waals surface area (Å²) >= 11 is 4.08. The normalized spacial score (nSPS) is 10.6. The first-order valence-corrected chi connectivity index (χ1v) is 8.65. The van der Waals surface area contributed by atoms with Crippen LogP contribution in [0.15, 0.2) is 27.3 Å². The predicted molar refractivity (Wildman–Crippen MR) is 94.6 cm³/mol. The Balaban J connectivity index is 2.11. The number of ether oxygens (including phenoxy) is 2. The first-order chi connectivity index (χ1) is 12.0. The van der Waals surface area contributed by atoms with Gasteiger partial charge in [0.2, 0.25) is 0 Å². The summed E-state index contributed by atoms with van der Waals surface area (Å²) in [6.45, 7) is 1.58. The first kappa shape index (κ1) is 18.8. The topological polar surface area (TPSA) is 116 Å². The van der Waals surface area contributed by atoms with Gasteiger partial charge in [-0.1, -0.05) is 0 Å². The van der Waals surface area contributed by atoms with Crippen molar-refractivity contribution in [3.05, 3.63) is 44.6 Å². The molecule has 0 amide bonds. The lowest BCUT2D eigenvalue weighted by Crippen LogP contribution is -2.08. The summed E-state index contributed by atoms with van der Waals surface area (Å²) < 4.78 is 15.8. The van der Waals surface area contributed by atoms with Gasteiger partial charge in [0.1, 0.15) is 28.3 Å². The summed E-state index contributed by atoms with van der Waals surface area (Å²) in [6.07, 6.45) is 2.61. The van der Waals surface area contributed by atoms with Gasteiger partial charge in [0.05, 0.1) is 12.2 Å². The molecule has 0 aromatic carbocycles. The highest BCUT2D eigenvalue weighted by Gasteiger charge is 2.23. The molecule has 0 atom stereocenters. The van der Waals surface area contributed by atoms with Gasteiger partial charge >= 0.3 is 11.9 Å². The maximum Gasteiger partial charge on any atom is 0.348 e. The van der Waals surface area contributed by atoms with Crippen molar-refractivity contribution in [2.45, 2.75) is 13.5 Å². The van der Waals surface area contributed by atoms with E-state index in [0.29, 0.717) is 10.4 Å². The molecule has 0 saturated heterocycles. The lowest BCUT2D eigenvalue weighted by molar-refractivity contribution is -0.138. The number of hydrogen-bond donors (Lipinski definition) is 1. The zero-order valence-electron chi connectivity index (χ0n) is 13.1. The van der Waals surface area contributed by atoms with E-state index in [2.05, 4.69) is 15.9 Å². The van der Waals surface area contributed by atoms with Gasteiger partial charge in [-0.25, -0.2) is 9.59 Å². The maximum absolute atomic E-state index is 12.0. The number of carbonyl (C=O) groups excluding carboxylic acids is 2. The molecule has 0 unspecified atom stereocenters. The van der Waals surface area contributed by atoms with Crippen molar-refractivity contribution in [1.82, 2.24) is 0 Å². The first-order valence-electron chi connectivity index (χ1n) is 7.04. The average Bonchev–Trinajstić information content (AvgIpc) is 3.13. The van der Waals surface area contributed by atoms with Crippen molar-refractivity contribution < 1.29 is 23.5 Å². The second kappa shape index (κ2) is 8.50. The lowest BCUT2D eigenvalue weighted by Gasteiger charge is -2.05. The van der Waals surface area contributed by atoms with Gasteiger partial charge in [0.25, 0.3) is 0 Å². The van der Waals surface area contributed by atoms with Crippen LogP contribution in [0.5, 0.6) is 0 Å². The van der Waals surface area contributed by atoms with Gasteiger partial charge < -0.3 is 19.6 Å². The molecule has 2 N–H and O–H groups in total. The number of nitrogen functional groups attached to an aromatic ring is 1. The van der Waals surface area contributed by atoms with Crippen molar-refractivity contribution in [1.29, 1.82) is 5.26 Å². The number of furan rings is 1. The minimum atomic E-state index is -0.656. The number of carbonyl (C=O) groups is 2. The molecule has 2 rings (SSSR count). The molecule has 0 aliphatic rings. The van der Waals surface area contributed by atoms with E-state index in [4.69, 9.17) is 19.6 Å². The van der Waals surface area contributed by atoms with Crippen LogP contribution in [0.2, 0.25) is 0 Å². The van der Waals surface area contributed by atoms with Crippen LogP contribution in [0, 0.1) is 11.3 Å². The fraction of sp³-hybridized carbons (Fsp3) is 0.188. The van der Waals surface area contributed by atoms with E-state index >= 15 is 0 Å². The summed E-state index contributed by atoms with van der Waals surface area (Å²) in [4.78, 5) is 23.9. The molecular weight excluding hydrogens is 412 g/mol. The number of nitrogens with zero attached hydrogens (tertiary/aromatic N) is 1. The molecule has 25 heavy (non-hydrogen) atoms. The summed E-state index contributed by atoms with van der Waals surface area (Å²) in [5.74, 6) is -0.799. The number of anilines is 1. The Kier molecular flexibility index (Phi) is 6.38. The molecule has 2 aromatic heterocycles. The number of halogens is 1. The molecule has 0 aliphatic carbocycles. The zero-order valence-corrected chi connectivity index (χ0v) is 15.5. The molecule has 0 aliphatic heterocycles. The molecule has 0 bridgehead atoms. The SMILES string of the molecule is CCOC(=O)c1sc(N)c(C#N)c1COC(=O)C=Cc1ccc(Br)o1. The highest BCUT2D eigenvalue weighted by Crippen LogP contribution is 2.31. The van der Waals surface area contributed by atoms with Crippen LogP contribution >= 0.6 is 27.3 Å². The molecular formula is C16H13BrN2O5S. The van der Waals surface area contributed by atoms with Crippen LogP contribution in [0.3, 0.4) is 0 Å². The fourth-order valence-corrected chi connectivity index (χ4v) is 3.10. The summed E-state index contributed by atoms with van der Waals surface area (Å²) in [5, 5.41) is 9.37. The molecule has 0 saturated carbocycles. The standard InChI is InChI=1S/C16H13BrN2O5S/c1-2-22-16(21)14-11(10(7-18)15(19)25-14)8-23-13(20)6-4-9-3-5-12(17)24-9/h3-6H,2,8,19H2,1H3. The maximum atomic E-state index is 12.0. The van der Waals surface area contributed by atoms with Crippen molar-refractivity contribution in [3.63, 3.8) is 0 Å². The smallest absolute Gasteiger partial charge is 0.348 e. The van der Waals surface area contributed by atoms with Gasteiger partial charge in [0.15, 0.2) is 4.67 Å². The predicted octanol–water partition coefficient (Wildman–Crippen LogP) is 3.49. The van der Waals surface area contributed by atoms with Gasteiger partial charge in [-0.3, -0.25) is 0 Å². The molecule has 0 radical (unpaired) electrons. The van der Waals surface area contributed by atoms with Gasteiger partial charge in [-0.15, -0.1) is 11.3 Å². The third-order valence-corrected chi connectivity index (χ3v) is 4.41. The molecule has 0 spiro atoms. The van der Waals surface area contributed by atoms with E-state index in [1.165, 1.54) is 12.2 Å². The Bertz CT molecular complexity index is 862. The highest BCUT2D eigenvalue weighted by atomic mass is 79.9. The summed E-state index contributed by atoms with van der Waals surface area (Å²) in [5.41, 5.74) is 6.10. The number of rotatable bonds is 6. The van der Waals surface area contributed by atoms with Crippen molar-refractivity contribution >= 4 is 50.3 Å². The third kappa shape index (κ3) is 4.71. The second-order valence-electron chi connectivity index (χ2n) is 4.56. The van der Waals surface area contributed by atoms with Crippen molar-refractivity contribution in [2.24, 2.45) is 0 Å². The molecule has 2 heterocycles. The number of nitrogens with two attached hydrogens (primary N) is 1. The van der Waals surface area contributed by atoms with E-state index in [1.807, 2.05) is 6.07 Å². The number of esters is 2. The number of hydrogen-bond acceptors (Lipinski definition) is 8. The zero-order chi connectivity index (χ0) is 18.4. The van der Waals surface area contributed by atoms with Crippen LogP contribution in [0.4, 0.5) is 5.00 Å². The Morgan fingerprint density at radius 2 is 2.20 bits per heavy atom. The minimum Gasteiger partial charge on any atom is -0.462 e. The largest absolute Gasteiger partial charge is 0.462 e. The minimum absolute atomic E-state index is 0.111. The van der Waals surface area contributed by atoms with E-state index < -0.39 is 11.9 Å². The molecule has 9 heteroatoms. The van der Waals surface area contributed by atoms with Crippen LogP contribution in [0.25, 0.3) is 6.08 Å². The second-order valence-corrected chi connectivity index (χ2v) is 6.40. The Morgan fingerprint density at radius 1 is 1.44 bits per heavy atom. The van der Waals surface area contributed by atoms with E-state index in [9.17, 15) is 14.9 Å². The molecule has 2 aromatic rings. The fourth-order valence-electron chi connectivity index (χ4n) is 1.87. The van der Waals surface area contributed by atoms with E-state index in [-0.39, 0.29) is 34.2 Å². The Labute approximate surface area is 155 Å². The van der Waals surface area contributed by atoms with Crippen LogP contribution in [-0.2, 0) is 20.9 Å². The van der Waals surface area contributed by atoms with Gasteiger partial charge in [-0.05, 0) is 41.1 Å². The Hall–Kier alpha value is -2.57. The summed E-state index contributed by atoms with van der Waals surface area (Å²) in [7, 11) is 0.